The van der Waals surface area contributed by atoms with Gasteiger partial charge in [-0.1, -0.05) is 37.1 Å². The van der Waals surface area contributed by atoms with Gasteiger partial charge in [-0.05, 0) is 60.6 Å². The lowest BCUT2D eigenvalue weighted by atomic mass is 9.75. The lowest BCUT2D eigenvalue weighted by molar-refractivity contribution is -0.127. The minimum atomic E-state index is -0.357. The van der Waals surface area contributed by atoms with Crippen molar-refractivity contribution in [2.75, 3.05) is 14.2 Å². The maximum Gasteiger partial charge on any atom is 0.337 e. The first kappa shape index (κ1) is 20.9. The van der Waals surface area contributed by atoms with Crippen molar-refractivity contribution in [2.45, 2.75) is 38.6 Å². The molecule has 1 aliphatic carbocycles. The number of methoxy groups -OCH3 is 2. The van der Waals surface area contributed by atoms with Crippen molar-refractivity contribution in [3.8, 4) is 5.75 Å². The Hall–Kier alpha value is -2.82. The highest BCUT2D eigenvalue weighted by molar-refractivity contribution is 5.89. The Morgan fingerprint density at radius 2 is 1.59 bits per heavy atom. The molecule has 5 nitrogen and oxygen atoms in total. The minimum absolute atomic E-state index is 0.0418. The Bertz CT molecular complexity index is 814. The first-order valence-electron chi connectivity index (χ1n) is 10.2. The molecule has 1 aliphatic rings. The number of ether oxygens (including phenoxy) is 2. The number of carbonyl (C=O) groups excluding carboxylic acids is 2. The summed E-state index contributed by atoms with van der Waals surface area (Å²) in [6, 6.07) is 15.3. The largest absolute Gasteiger partial charge is 0.497 e. The molecule has 2 unspecified atom stereocenters. The summed E-state index contributed by atoms with van der Waals surface area (Å²) >= 11 is 0. The molecule has 3 rings (SSSR count). The number of benzene rings is 2. The Balaban J connectivity index is 1.57. The molecule has 0 spiro atoms. The molecule has 1 saturated carbocycles. The lowest BCUT2D eigenvalue weighted by Crippen LogP contribution is -2.37. The highest BCUT2D eigenvalue weighted by atomic mass is 16.5. The van der Waals surface area contributed by atoms with Crippen molar-refractivity contribution in [3.05, 3.63) is 65.2 Å². The molecule has 5 heteroatoms. The van der Waals surface area contributed by atoms with Crippen LogP contribution in [0.15, 0.2) is 48.5 Å². The average Bonchev–Trinajstić information content (AvgIpc) is 2.78. The zero-order valence-corrected chi connectivity index (χ0v) is 17.1. The van der Waals surface area contributed by atoms with Crippen LogP contribution in [-0.2, 0) is 22.5 Å². The highest BCUT2D eigenvalue weighted by Crippen LogP contribution is 2.33. The number of amides is 1. The number of hydrogen-bond donors (Lipinski definition) is 1. The van der Waals surface area contributed by atoms with Gasteiger partial charge in [-0.15, -0.1) is 0 Å². The van der Waals surface area contributed by atoms with Crippen molar-refractivity contribution in [1.82, 2.24) is 5.32 Å². The van der Waals surface area contributed by atoms with Gasteiger partial charge in [0, 0.05) is 12.5 Å². The molecule has 0 saturated heterocycles. The number of nitrogens with one attached hydrogen (secondary N) is 1. The van der Waals surface area contributed by atoms with Crippen molar-refractivity contribution >= 4 is 11.9 Å². The molecule has 0 aliphatic heterocycles. The van der Waals surface area contributed by atoms with Crippen LogP contribution in [0.4, 0.5) is 0 Å². The van der Waals surface area contributed by atoms with Crippen LogP contribution < -0.4 is 10.1 Å². The number of rotatable bonds is 7. The van der Waals surface area contributed by atoms with Crippen LogP contribution in [-0.4, -0.2) is 26.1 Å². The molecule has 0 radical (unpaired) electrons. The summed E-state index contributed by atoms with van der Waals surface area (Å²) in [6.07, 6.45) is 5.21. The van der Waals surface area contributed by atoms with Crippen LogP contribution in [0.2, 0.25) is 0 Å². The normalized spacial score (nSPS) is 18.7. The SMILES string of the molecule is COC(=O)c1ccc(CNC(=O)C2CCCCC2Cc2ccc(OC)cc2)cc1. The molecule has 0 aromatic heterocycles. The summed E-state index contributed by atoms with van der Waals surface area (Å²) in [6.45, 7) is 0.464. The Morgan fingerprint density at radius 3 is 2.24 bits per heavy atom. The fourth-order valence-electron chi connectivity index (χ4n) is 4.06. The Morgan fingerprint density at radius 1 is 0.931 bits per heavy atom. The molecule has 154 valence electrons. The van der Waals surface area contributed by atoms with Crippen molar-refractivity contribution in [3.63, 3.8) is 0 Å². The first-order chi connectivity index (χ1) is 14.1. The van der Waals surface area contributed by atoms with E-state index < -0.39 is 0 Å². The van der Waals surface area contributed by atoms with E-state index in [1.54, 1.807) is 19.2 Å². The fourth-order valence-corrected chi connectivity index (χ4v) is 4.06. The van der Waals surface area contributed by atoms with E-state index in [9.17, 15) is 9.59 Å². The molecule has 2 atom stereocenters. The summed E-state index contributed by atoms with van der Waals surface area (Å²) in [7, 11) is 3.03. The second kappa shape index (κ2) is 10.1. The topological polar surface area (TPSA) is 64.6 Å². The summed E-state index contributed by atoms with van der Waals surface area (Å²) < 4.78 is 9.94. The van der Waals surface area contributed by atoms with E-state index in [4.69, 9.17) is 9.47 Å². The monoisotopic (exact) mass is 395 g/mol. The quantitative estimate of drug-likeness (QED) is 0.716. The smallest absolute Gasteiger partial charge is 0.337 e. The number of carbonyl (C=O) groups is 2. The third-order valence-corrected chi connectivity index (χ3v) is 5.74. The molecule has 2 aromatic rings. The van der Waals surface area contributed by atoms with Crippen LogP contribution in [0.5, 0.6) is 5.75 Å². The van der Waals surface area contributed by atoms with Crippen LogP contribution in [0.1, 0.15) is 47.2 Å². The molecule has 0 heterocycles. The zero-order valence-electron chi connectivity index (χ0n) is 17.1. The van der Waals surface area contributed by atoms with Crippen LogP contribution in [0, 0.1) is 11.8 Å². The number of esters is 1. The predicted molar refractivity (Wildman–Crippen MR) is 112 cm³/mol. The van der Waals surface area contributed by atoms with E-state index >= 15 is 0 Å². The molecule has 1 N–H and O–H groups in total. The first-order valence-corrected chi connectivity index (χ1v) is 10.2. The summed E-state index contributed by atoms with van der Waals surface area (Å²) in [5, 5.41) is 3.09. The molecular formula is C24H29NO4. The summed E-state index contributed by atoms with van der Waals surface area (Å²) in [5.41, 5.74) is 2.72. The summed E-state index contributed by atoms with van der Waals surface area (Å²) in [5.74, 6) is 1.02. The van der Waals surface area contributed by atoms with E-state index in [0.717, 1.165) is 37.0 Å². The second-order valence-electron chi connectivity index (χ2n) is 7.61. The van der Waals surface area contributed by atoms with Gasteiger partial charge in [0.25, 0.3) is 0 Å². The van der Waals surface area contributed by atoms with Gasteiger partial charge in [0.05, 0.1) is 19.8 Å². The molecule has 0 bridgehead atoms. The fraction of sp³-hybridized carbons (Fsp3) is 0.417. The van der Waals surface area contributed by atoms with Gasteiger partial charge in [-0.25, -0.2) is 4.79 Å². The van der Waals surface area contributed by atoms with Crippen LogP contribution in [0.25, 0.3) is 0 Å². The standard InChI is InChI=1S/C24H29NO4/c1-28-21-13-9-17(10-14-21)15-20-5-3-4-6-22(20)23(26)25-16-18-7-11-19(12-8-18)24(27)29-2/h7-14,20,22H,3-6,15-16H2,1-2H3,(H,25,26). The van der Waals surface area contributed by atoms with E-state index in [0.29, 0.717) is 18.0 Å². The highest BCUT2D eigenvalue weighted by Gasteiger charge is 2.30. The predicted octanol–water partition coefficient (Wildman–Crippen LogP) is 4.15. The van der Waals surface area contributed by atoms with E-state index in [1.807, 2.05) is 24.3 Å². The molecule has 1 amide bonds. The number of hydrogen-bond acceptors (Lipinski definition) is 4. The van der Waals surface area contributed by atoms with E-state index in [-0.39, 0.29) is 17.8 Å². The van der Waals surface area contributed by atoms with Crippen molar-refractivity contribution in [1.29, 1.82) is 0 Å². The van der Waals surface area contributed by atoms with Gasteiger partial charge < -0.3 is 14.8 Å². The Kier molecular flexibility index (Phi) is 7.28. The maximum atomic E-state index is 12.9. The van der Waals surface area contributed by atoms with Gasteiger partial charge in [0.15, 0.2) is 0 Å². The van der Waals surface area contributed by atoms with Gasteiger partial charge >= 0.3 is 5.97 Å². The third-order valence-electron chi connectivity index (χ3n) is 5.74. The van der Waals surface area contributed by atoms with Crippen molar-refractivity contribution in [2.24, 2.45) is 11.8 Å². The second-order valence-corrected chi connectivity index (χ2v) is 7.61. The van der Waals surface area contributed by atoms with E-state index in [1.165, 1.54) is 19.1 Å². The third kappa shape index (κ3) is 5.59. The van der Waals surface area contributed by atoms with Gasteiger partial charge in [-0.3, -0.25) is 4.79 Å². The molecule has 29 heavy (non-hydrogen) atoms. The van der Waals surface area contributed by atoms with Gasteiger partial charge in [-0.2, -0.15) is 0 Å². The molecule has 1 fully saturated rings. The van der Waals surface area contributed by atoms with Gasteiger partial charge in [0.2, 0.25) is 5.91 Å². The molecule has 2 aromatic carbocycles. The van der Waals surface area contributed by atoms with E-state index in [2.05, 4.69) is 17.4 Å². The zero-order chi connectivity index (χ0) is 20.6. The minimum Gasteiger partial charge on any atom is -0.497 e. The van der Waals surface area contributed by atoms with Crippen LogP contribution in [0.3, 0.4) is 0 Å². The van der Waals surface area contributed by atoms with Crippen LogP contribution >= 0.6 is 0 Å². The lowest BCUT2D eigenvalue weighted by Gasteiger charge is -2.30. The van der Waals surface area contributed by atoms with Crippen molar-refractivity contribution < 1.29 is 19.1 Å². The Labute approximate surface area is 172 Å². The maximum absolute atomic E-state index is 12.9. The van der Waals surface area contributed by atoms with Gasteiger partial charge in [0.1, 0.15) is 5.75 Å². The summed E-state index contributed by atoms with van der Waals surface area (Å²) in [4.78, 5) is 24.4. The molecular weight excluding hydrogens is 366 g/mol. The average molecular weight is 395 g/mol.